The van der Waals surface area contributed by atoms with Crippen LogP contribution in [-0.4, -0.2) is 22.0 Å². The number of benzene rings is 2. The van der Waals surface area contributed by atoms with Gasteiger partial charge in [-0.15, -0.1) is 23.2 Å². The van der Waals surface area contributed by atoms with Crippen LogP contribution in [0.5, 0.6) is 11.5 Å². The summed E-state index contributed by atoms with van der Waals surface area (Å²) in [6.45, 7) is 0. The maximum Gasteiger partial charge on any atom is 0.115 e. The summed E-state index contributed by atoms with van der Waals surface area (Å²) in [4.78, 5) is 0. The highest BCUT2D eigenvalue weighted by Crippen LogP contribution is 2.39. The summed E-state index contributed by atoms with van der Waals surface area (Å²) < 4.78 is 0. The monoisotopic (exact) mass is 352 g/mol. The Labute approximate surface area is 147 Å². The SMILES string of the molecule is Oc1ccc(C(CCl)(CCCCCCl)c2ccc(O)cc2)cc1. The van der Waals surface area contributed by atoms with Gasteiger partial charge in [-0.25, -0.2) is 0 Å². The molecule has 23 heavy (non-hydrogen) atoms. The van der Waals surface area contributed by atoms with Gasteiger partial charge in [0.1, 0.15) is 11.5 Å². The molecule has 2 aromatic rings. The van der Waals surface area contributed by atoms with Gasteiger partial charge in [0.05, 0.1) is 0 Å². The molecule has 0 saturated carbocycles. The van der Waals surface area contributed by atoms with Crippen LogP contribution in [0.4, 0.5) is 0 Å². The Hall–Kier alpha value is -1.38. The van der Waals surface area contributed by atoms with Crippen LogP contribution in [-0.2, 0) is 5.41 Å². The number of unbranched alkanes of at least 4 members (excludes halogenated alkanes) is 2. The van der Waals surface area contributed by atoms with Crippen LogP contribution in [0.3, 0.4) is 0 Å². The maximum atomic E-state index is 9.57. The summed E-state index contributed by atoms with van der Waals surface area (Å²) in [6.07, 6.45) is 3.95. The zero-order valence-electron chi connectivity index (χ0n) is 13.0. The van der Waals surface area contributed by atoms with Crippen LogP contribution in [0.1, 0.15) is 36.8 Å². The number of aromatic hydroxyl groups is 2. The van der Waals surface area contributed by atoms with E-state index in [2.05, 4.69) is 0 Å². The summed E-state index contributed by atoms with van der Waals surface area (Å²) >= 11 is 12.2. The Morgan fingerprint density at radius 3 is 1.57 bits per heavy atom. The van der Waals surface area contributed by atoms with E-state index in [1.165, 1.54) is 0 Å². The zero-order chi connectivity index (χ0) is 16.7. The van der Waals surface area contributed by atoms with Crippen LogP contribution in [0.15, 0.2) is 48.5 Å². The van der Waals surface area contributed by atoms with E-state index >= 15 is 0 Å². The van der Waals surface area contributed by atoms with Crippen molar-refractivity contribution in [1.82, 2.24) is 0 Å². The van der Waals surface area contributed by atoms with Gasteiger partial charge in [0.25, 0.3) is 0 Å². The van der Waals surface area contributed by atoms with E-state index in [1.54, 1.807) is 24.3 Å². The van der Waals surface area contributed by atoms with E-state index in [1.807, 2.05) is 24.3 Å². The van der Waals surface area contributed by atoms with Crippen molar-refractivity contribution in [2.45, 2.75) is 31.1 Å². The molecule has 0 heterocycles. The van der Waals surface area contributed by atoms with Gasteiger partial charge in [0.2, 0.25) is 0 Å². The minimum Gasteiger partial charge on any atom is -0.508 e. The largest absolute Gasteiger partial charge is 0.508 e. The standard InChI is InChI=1S/C19H22Cl2O2/c20-13-3-1-2-12-19(14-21,15-4-8-17(22)9-5-15)16-6-10-18(23)11-7-16/h4-11,22-23H,1-3,12-14H2. The van der Waals surface area contributed by atoms with Crippen molar-refractivity contribution in [3.63, 3.8) is 0 Å². The third-order valence-corrected chi connectivity index (χ3v) is 5.03. The van der Waals surface area contributed by atoms with Crippen molar-refractivity contribution < 1.29 is 10.2 Å². The fourth-order valence-electron chi connectivity index (χ4n) is 2.94. The minimum absolute atomic E-state index is 0.241. The molecule has 0 aliphatic heterocycles. The lowest BCUT2D eigenvalue weighted by Gasteiger charge is -2.33. The quantitative estimate of drug-likeness (QED) is 0.491. The Balaban J connectivity index is 2.38. The lowest BCUT2D eigenvalue weighted by atomic mass is 9.72. The highest BCUT2D eigenvalue weighted by Gasteiger charge is 2.33. The van der Waals surface area contributed by atoms with Gasteiger partial charge in [-0.1, -0.05) is 37.1 Å². The summed E-state index contributed by atoms with van der Waals surface area (Å²) in [5.74, 6) is 1.59. The first kappa shape index (κ1) is 18.0. The van der Waals surface area contributed by atoms with Crippen LogP contribution in [0.2, 0.25) is 0 Å². The Morgan fingerprint density at radius 2 is 1.17 bits per heavy atom. The molecule has 0 saturated heterocycles. The van der Waals surface area contributed by atoms with Crippen molar-refractivity contribution in [2.24, 2.45) is 0 Å². The predicted molar refractivity (Wildman–Crippen MR) is 96.9 cm³/mol. The van der Waals surface area contributed by atoms with Gasteiger partial charge in [-0.2, -0.15) is 0 Å². The Kier molecular flexibility index (Phi) is 6.61. The van der Waals surface area contributed by atoms with Gasteiger partial charge in [0.15, 0.2) is 0 Å². The highest BCUT2D eigenvalue weighted by atomic mass is 35.5. The van der Waals surface area contributed by atoms with E-state index in [4.69, 9.17) is 23.2 Å². The van der Waals surface area contributed by atoms with Crippen molar-refractivity contribution in [3.8, 4) is 11.5 Å². The topological polar surface area (TPSA) is 40.5 Å². The summed E-state index contributed by atoms with van der Waals surface area (Å²) in [5, 5.41) is 19.1. The minimum atomic E-state index is -0.338. The van der Waals surface area contributed by atoms with Crippen LogP contribution < -0.4 is 0 Å². The molecule has 124 valence electrons. The number of alkyl halides is 2. The smallest absolute Gasteiger partial charge is 0.115 e. The number of halogens is 2. The molecular formula is C19H22Cl2O2. The molecule has 0 amide bonds. The molecule has 0 aliphatic rings. The van der Waals surface area contributed by atoms with E-state index in [0.29, 0.717) is 11.8 Å². The number of hydrogen-bond donors (Lipinski definition) is 2. The van der Waals surface area contributed by atoms with Crippen LogP contribution in [0, 0.1) is 0 Å². The molecule has 0 atom stereocenters. The number of hydrogen-bond acceptors (Lipinski definition) is 2. The molecule has 2 aromatic carbocycles. The van der Waals surface area contributed by atoms with Gasteiger partial charge in [0, 0.05) is 17.2 Å². The average Bonchev–Trinajstić information content (AvgIpc) is 2.57. The van der Waals surface area contributed by atoms with Crippen molar-refractivity contribution >= 4 is 23.2 Å². The molecule has 0 aromatic heterocycles. The Bertz CT molecular complexity index is 548. The lowest BCUT2D eigenvalue weighted by molar-refractivity contribution is 0.466. The van der Waals surface area contributed by atoms with Gasteiger partial charge in [-0.3, -0.25) is 0 Å². The lowest BCUT2D eigenvalue weighted by Crippen LogP contribution is -2.30. The van der Waals surface area contributed by atoms with E-state index in [9.17, 15) is 10.2 Å². The fraction of sp³-hybridized carbons (Fsp3) is 0.368. The first-order valence-electron chi connectivity index (χ1n) is 7.83. The summed E-state index contributed by atoms with van der Waals surface area (Å²) in [6, 6.07) is 14.5. The molecule has 2 N–H and O–H groups in total. The van der Waals surface area contributed by atoms with Crippen molar-refractivity contribution in [3.05, 3.63) is 59.7 Å². The molecule has 4 heteroatoms. The van der Waals surface area contributed by atoms with Crippen LogP contribution >= 0.6 is 23.2 Å². The number of phenolic OH excluding ortho intramolecular Hbond substituents is 2. The molecule has 2 rings (SSSR count). The highest BCUT2D eigenvalue weighted by molar-refractivity contribution is 6.19. The Morgan fingerprint density at radius 1 is 0.696 bits per heavy atom. The molecule has 2 nitrogen and oxygen atoms in total. The zero-order valence-corrected chi connectivity index (χ0v) is 14.5. The normalized spacial score (nSPS) is 11.6. The fourth-order valence-corrected chi connectivity index (χ4v) is 3.57. The molecule has 0 radical (unpaired) electrons. The van der Waals surface area contributed by atoms with Crippen molar-refractivity contribution in [2.75, 3.05) is 11.8 Å². The van der Waals surface area contributed by atoms with Gasteiger partial charge < -0.3 is 10.2 Å². The van der Waals surface area contributed by atoms with E-state index in [-0.39, 0.29) is 16.9 Å². The van der Waals surface area contributed by atoms with Gasteiger partial charge in [-0.05, 0) is 48.2 Å². The van der Waals surface area contributed by atoms with E-state index < -0.39 is 0 Å². The van der Waals surface area contributed by atoms with E-state index in [0.717, 1.165) is 36.8 Å². The van der Waals surface area contributed by atoms with Crippen molar-refractivity contribution in [1.29, 1.82) is 0 Å². The molecule has 0 unspecified atom stereocenters. The molecule has 0 fully saturated rings. The molecular weight excluding hydrogens is 331 g/mol. The maximum absolute atomic E-state index is 9.57. The summed E-state index contributed by atoms with van der Waals surface area (Å²) in [5.41, 5.74) is 1.80. The van der Waals surface area contributed by atoms with Crippen LogP contribution in [0.25, 0.3) is 0 Å². The molecule has 0 bridgehead atoms. The second-order valence-electron chi connectivity index (χ2n) is 5.81. The first-order valence-corrected chi connectivity index (χ1v) is 8.90. The second kappa shape index (κ2) is 8.47. The number of phenols is 2. The number of rotatable bonds is 8. The molecule has 0 aliphatic carbocycles. The molecule has 0 spiro atoms. The van der Waals surface area contributed by atoms with Gasteiger partial charge >= 0.3 is 0 Å². The third-order valence-electron chi connectivity index (χ3n) is 4.31. The summed E-state index contributed by atoms with van der Waals surface area (Å²) in [7, 11) is 0. The first-order chi connectivity index (χ1) is 11.1. The second-order valence-corrected chi connectivity index (χ2v) is 6.45. The average molecular weight is 353 g/mol. The predicted octanol–water partition coefficient (Wildman–Crippen LogP) is 5.42. The third kappa shape index (κ3) is 4.33.